The van der Waals surface area contributed by atoms with E-state index in [0.29, 0.717) is 24.0 Å². The zero-order chi connectivity index (χ0) is 11.5. The molecule has 4 nitrogen and oxygen atoms in total. The fourth-order valence-corrected chi connectivity index (χ4v) is 1.68. The lowest BCUT2D eigenvalue weighted by Gasteiger charge is -2.25. The number of rotatable bonds is 4. The molecule has 1 fully saturated rings. The van der Waals surface area contributed by atoms with E-state index in [2.05, 4.69) is 0 Å². The van der Waals surface area contributed by atoms with Gasteiger partial charge in [0, 0.05) is 0 Å². The summed E-state index contributed by atoms with van der Waals surface area (Å²) in [6.45, 7) is 0.677. The third kappa shape index (κ3) is 2.27. The fourth-order valence-electron chi connectivity index (χ4n) is 1.68. The Labute approximate surface area is 94.0 Å². The van der Waals surface area contributed by atoms with Crippen LogP contribution in [0.1, 0.15) is 29.6 Å². The fraction of sp³-hybridized carbons (Fsp3) is 0.417. The molecule has 3 N–H and O–H groups in total. The van der Waals surface area contributed by atoms with Gasteiger partial charge in [0.1, 0.15) is 5.75 Å². The molecular formula is C12H15NO3. The van der Waals surface area contributed by atoms with Crippen LogP contribution in [0.2, 0.25) is 0 Å². The minimum Gasteiger partial charge on any atom is -0.491 e. The second kappa shape index (κ2) is 4.43. The van der Waals surface area contributed by atoms with Gasteiger partial charge in [0.25, 0.3) is 0 Å². The van der Waals surface area contributed by atoms with Crippen molar-refractivity contribution < 1.29 is 14.6 Å². The van der Waals surface area contributed by atoms with Crippen LogP contribution in [0.4, 0.5) is 5.69 Å². The molecule has 86 valence electrons. The maximum Gasteiger partial charge on any atom is 0.335 e. The number of aromatic carboxylic acids is 1. The van der Waals surface area contributed by atoms with E-state index < -0.39 is 5.97 Å². The summed E-state index contributed by atoms with van der Waals surface area (Å²) in [5, 5.41) is 8.77. The van der Waals surface area contributed by atoms with Crippen molar-refractivity contribution in [2.24, 2.45) is 5.92 Å². The molecule has 0 aromatic heterocycles. The van der Waals surface area contributed by atoms with E-state index in [0.717, 1.165) is 0 Å². The van der Waals surface area contributed by atoms with Gasteiger partial charge in [-0.05, 0) is 37.0 Å². The zero-order valence-corrected chi connectivity index (χ0v) is 8.98. The Balaban J connectivity index is 2.00. The normalized spacial score (nSPS) is 15.5. The van der Waals surface area contributed by atoms with Crippen molar-refractivity contribution in [1.82, 2.24) is 0 Å². The van der Waals surface area contributed by atoms with E-state index in [1.165, 1.54) is 31.4 Å². The van der Waals surface area contributed by atoms with Crippen LogP contribution in [-0.2, 0) is 0 Å². The minimum absolute atomic E-state index is 0.188. The minimum atomic E-state index is -0.975. The van der Waals surface area contributed by atoms with Crippen LogP contribution in [0, 0.1) is 5.92 Å². The summed E-state index contributed by atoms with van der Waals surface area (Å²) in [5.74, 6) is 0.243. The lowest BCUT2D eigenvalue weighted by Crippen LogP contribution is -2.19. The van der Waals surface area contributed by atoms with E-state index in [-0.39, 0.29) is 5.56 Å². The van der Waals surface area contributed by atoms with E-state index in [9.17, 15) is 4.79 Å². The molecule has 0 amide bonds. The zero-order valence-electron chi connectivity index (χ0n) is 8.98. The third-order valence-electron chi connectivity index (χ3n) is 2.96. The second-order valence-corrected chi connectivity index (χ2v) is 4.17. The van der Waals surface area contributed by atoms with Crippen molar-refractivity contribution in [3.05, 3.63) is 23.8 Å². The van der Waals surface area contributed by atoms with E-state index in [1.807, 2.05) is 0 Å². The third-order valence-corrected chi connectivity index (χ3v) is 2.96. The maximum absolute atomic E-state index is 10.7. The lowest BCUT2D eigenvalue weighted by molar-refractivity contribution is 0.0697. The Kier molecular flexibility index (Phi) is 2.99. The van der Waals surface area contributed by atoms with Crippen molar-refractivity contribution in [2.45, 2.75) is 19.3 Å². The first-order valence-corrected chi connectivity index (χ1v) is 5.42. The van der Waals surface area contributed by atoms with Crippen LogP contribution in [0.3, 0.4) is 0 Å². The predicted octanol–water partition coefficient (Wildman–Crippen LogP) is 2.15. The smallest absolute Gasteiger partial charge is 0.335 e. The molecule has 2 rings (SSSR count). The highest BCUT2D eigenvalue weighted by molar-refractivity contribution is 5.89. The van der Waals surface area contributed by atoms with Crippen molar-refractivity contribution in [3.8, 4) is 5.75 Å². The Morgan fingerprint density at radius 1 is 1.50 bits per heavy atom. The molecule has 0 saturated heterocycles. The molecule has 0 atom stereocenters. The van der Waals surface area contributed by atoms with Crippen molar-refractivity contribution in [1.29, 1.82) is 0 Å². The van der Waals surface area contributed by atoms with Crippen LogP contribution in [-0.4, -0.2) is 17.7 Å². The van der Waals surface area contributed by atoms with E-state index in [1.54, 1.807) is 6.07 Å². The van der Waals surface area contributed by atoms with Gasteiger partial charge in [-0.3, -0.25) is 0 Å². The predicted molar refractivity (Wildman–Crippen MR) is 60.6 cm³/mol. The lowest BCUT2D eigenvalue weighted by atomic mass is 9.86. The number of hydrogen-bond donors (Lipinski definition) is 2. The number of benzene rings is 1. The summed E-state index contributed by atoms with van der Waals surface area (Å²) in [5.41, 5.74) is 6.29. The number of nitrogens with two attached hydrogens (primary N) is 1. The quantitative estimate of drug-likeness (QED) is 0.764. The first-order chi connectivity index (χ1) is 7.66. The molecule has 0 unspecified atom stereocenters. The summed E-state index contributed by atoms with van der Waals surface area (Å²) < 4.78 is 5.56. The molecule has 1 aliphatic carbocycles. The number of carboxylic acids is 1. The molecule has 1 aliphatic rings. The molecule has 0 radical (unpaired) electrons. The van der Waals surface area contributed by atoms with Gasteiger partial charge >= 0.3 is 5.97 Å². The summed E-state index contributed by atoms with van der Waals surface area (Å²) in [4.78, 5) is 10.7. The number of anilines is 1. The number of hydrogen-bond acceptors (Lipinski definition) is 3. The van der Waals surface area contributed by atoms with Gasteiger partial charge in [0.2, 0.25) is 0 Å². The molecule has 16 heavy (non-hydrogen) atoms. The molecule has 0 heterocycles. The van der Waals surface area contributed by atoms with Gasteiger partial charge < -0.3 is 15.6 Å². The highest BCUT2D eigenvalue weighted by Gasteiger charge is 2.18. The number of nitrogen functional groups attached to an aromatic ring is 1. The van der Waals surface area contributed by atoms with Gasteiger partial charge in [-0.25, -0.2) is 4.79 Å². The molecule has 0 aliphatic heterocycles. The van der Waals surface area contributed by atoms with E-state index in [4.69, 9.17) is 15.6 Å². The average molecular weight is 221 g/mol. The highest BCUT2D eigenvalue weighted by Crippen LogP contribution is 2.29. The van der Waals surface area contributed by atoms with E-state index >= 15 is 0 Å². The molecular weight excluding hydrogens is 206 g/mol. The molecule has 1 aromatic rings. The van der Waals surface area contributed by atoms with Gasteiger partial charge in [-0.15, -0.1) is 0 Å². The highest BCUT2D eigenvalue weighted by atomic mass is 16.5. The Hall–Kier alpha value is -1.71. The standard InChI is InChI=1S/C12H15NO3/c13-10-6-9(12(14)15)4-5-11(10)16-7-8-2-1-3-8/h4-6,8H,1-3,7,13H2,(H,14,15). The maximum atomic E-state index is 10.7. The van der Waals surface area contributed by atoms with Gasteiger partial charge in [0.15, 0.2) is 0 Å². The monoisotopic (exact) mass is 221 g/mol. The topological polar surface area (TPSA) is 72.6 Å². The van der Waals surface area contributed by atoms with Crippen molar-refractivity contribution in [3.63, 3.8) is 0 Å². The molecule has 1 saturated carbocycles. The number of carboxylic acid groups (broad SMARTS) is 1. The first kappa shape index (κ1) is 10.8. The van der Waals surface area contributed by atoms with Crippen LogP contribution in [0.15, 0.2) is 18.2 Å². The van der Waals surface area contributed by atoms with Crippen LogP contribution in [0.5, 0.6) is 5.75 Å². The van der Waals surface area contributed by atoms with Gasteiger partial charge in [-0.1, -0.05) is 6.42 Å². The van der Waals surface area contributed by atoms with Gasteiger partial charge in [-0.2, -0.15) is 0 Å². The summed E-state index contributed by atoms with van der Waals surface area (Å²) in [7, 11) is 0. The number of ether oxygens (including phenoxy) is 1. The summed E-state index contributed by atoms with van der Waals surface area (Å²) in [6.07, 6.45) is 3.71. The average Bonchev–Trinajstić information content (AvgIpc) is 2.17. The van der Waals surface area contributed by atoms with Crippen molar-refractivity contribution >= 4 is 11.7 Å². The van der Waals surface area contributed by atoms with Crippen LogP contribution < -0.4 is 10.5 Å². The molecule has 4 heteroatoms. The Morgan fingerprint density at radius 2 is 2.25 bits per heavy atom. The first-order valence-electron chi connectivity index (χ1n) is 5.42. The molecule has 1 aromatic carbocycles. The summed E-state index contributed by atoms with van der Waals surface area (Å²) in [6, 6.07) is 4.56. The largest absolute Gasteiger partial charge is 0.491 e. The van der Waals surface area contributed by atoms with Gasteiger partial charge in [0.05, 0.1) is 17.9 Å². The molecule has 0 spiro atoms. The van der Waals surface area contributed by atoms with Crippen LogP contribution >= 0.6 is 0 Å². The van der Waals surface area contributed by atoms with Crippen LogP contribution in [0.25, 0.3) is 0 Å². The second-order valence-electron chi connectivity index (χ2n) is 4.17. The Bertz CT molecular complexity index is 399. The Morgan fingerprint density at radius 3 is 2.75 bits per heavy atom. The SMILES string of the molecule is Nc1cc(C(=O)O)ccc1OCC1CCC1. The summed E-state index contributed by atoms with van der Waals surface area (Å²) >= 11 is 0. The molecule has 0 bridgehead atoms. The van der Waals surface area contributed by atoms with Crippen molar-refractivity contribution in [2.75, 3.05) is 12.3 Å². The number of carbonyl (C=O) groups is 1.